The van der Waals surface area contributed by atoms with Crippen LogP contribution in [0.4, 0.5) is 5.69 Å². The van der Waals surface area contributed by atoms with Gasteiger partial charge in [0, 0.05) is 11.3 Å². The van der Waals surface area contributed by atoms with E-state index in [1.54, 1.807) is 0 Å². The first-order valence-corrected chi connectivity index (χ1v) is 8.26. The second-order valence-electron chi connectivity index (χ2n) is 6.27. The fourth-order valence-corrected chi connectivity index (χ4v) is 3.54. The van der Waals surface area contributed by atoms with Crippen molar-refractivity contribution in [2.24, 2.45) is 0 Å². The van der Waals surface area contributed by atoms with Crippen molar-refractivity contribution in [1.29, 1.82) is 0 Å². The first-order chi connectivity index (χ1) is 11.9. The van der Waals surface area contributed by atoms with Gasteiger partial charge < -0.3 is 9.64 Å². The van der Waals surface area contributed by atoms with Crippen LogP contribution in [0.25, 0.3) is 21.5 Å². The number of fused-ring (bicyclic) bond motifs is 4. The van der Waals surface area contributed by atoms with Crippen LogP contribution in [-0.2, 0) is 6.54 Å². The second-order valence-corrected chi connectivity index (χ2v) is 6.27. The molecule has 2 heteroatoms. The highest BCUT2D eigenvalue weighted by molar-refractivity contribution is 5.89. The Morgan fingerprint density at radius 3 is 2.38 bits per heavy atom. The number of nitrogens with zero attached hydrogens (tertiary/aromatic N) is 1. The normalized spacial score (nSPS) is 13.8. The number of anilines is 1. The molecular formula is C22H17NO. The molecule has 24 heavy (non-hydrogen) atoms. The zero-order valence-corrected chi connectivity index (χ0v) is 13.3. The fourth-order valence-electron chi connectivity index (χ4n) is 3.54. The van der Waals surface area contributed by atoms with E-state index >= 15 is 0 Å². The van der Waals surface area contributed by atoms with Gasteiger partial charge in [0.25, 0.3) is 0 Å². The van der Waals surface area contributed by atoms with Gasteiger partial charge in [0.2, 0.25) is 0 Å². The van der Waals surface area contributed by atoms with E-state index < -0.39 is 0 Å². The first-order valence-electron chi connectivity index (χ1n) is 8.26. The largest absolute Gasteiger partial charge is 0.473 e. The van der Waals surface area contributed by atoms with E-state index in [-0.39, 0.29) is 0 Å². The van der Waals surface area contributed by atoms with Crippen LogP contribution in [0.5, 0.6) is 5.75 Å². The van der Waals surface area contributed by atoms with Crippen LogP contribution in [0.3, 0.4) is 0 Å². The molecule has 4 aromatic rings. The molecule has 0 aliphatic carbocycles. The monoisotopic (exact) mass is 311 g/mol. The van der Waals surface area contributed by atoms with Gasteiger partial charge in [-0.1, -0.05) is 60.7 Å². The minimum absolute atomic E-state index is 0.587. The van der Waals surface area contributed by atoms with Crippen molar-refractivity contribution in [2.45, 2.75) is 6.54 Å². The van der Waals surface area contributed by atoms with E-state index in [9.17, 15) is 0 Å². The Labute approximate surface area is 140 Å². The molecule has 0 unspecified atom stereocenters. The van der Waals surface area contributed by atoms with E-state index in [0.717, 1.165) is 12.3 Å². The van der Waals surface area contributed by atoms with Gasteiger partial charge in [0.15, 0.2) is 6.73 Å². The lowest BCUT2D eigenvalue weighted by atomic mass is 10.0. The molecule has 5 rings (SSSR count). The van der Waals surface area contributed by atoms with Crippen LogP contribution in [0.15, 0.2) is 78.9 Å². The fraction of sp³-hybridized carbons (Fsp3) is 0.0909. The first kappa shape index (κ1) is 13.4. The van der Waals surface area contributed by atoms with Gasteiger partial charge in [-0.15, -0.1) is 0 Å². The number of hydrogen-bond acceptors (Lipinski definition) is 2. The van der Waals surface area contributed by atoms with Crippen LogP contribution >= 0.6 is 0 Å². The van der Waals surface area contributed by atoms with Crippen LogP contribution in [0, 0.1) is 0 Å². The predicted octanol–water partition coefficient (Wildman–Crippen LogP) is 5.35. The molecule has 1 aliphatic rings. The van der Waals surface area contributed by atoms with Crippen molar-refractivity contribution in [2.75, 3.05) is 11.6 Å². The molecule has 1 heterocycles. The summed E-state index contributed by atoms with van der Waals surface area (Å²) in [5.74, 6) is 1.01. The Morgan fingerprint density at radius 2 is 1.46 bits per heavy atom. The van der Waals surface area contributed by atoms with Gasteiger partial charge >= 0.3 is 0 Å². The van der Waals surface area contributed by atoms with Gasteiger partial charge in [-0.2, -0.15) is 0 Å². The Balaban J connectivity index is 1.58. The SMILES string of the molecule is c1ccc2cc(N3COc4ccc5ccccc5c4C3)ccc2c1. The maximum atomic E-state index is 6.04. The maximum Gasteiger partial charge on any atom is 0.161 e. The second kappa shape index (κ2) is 5.27. The quantitative estimate of drug-likeness (QED) is 0.470. The lowest BCUT2D eigenvalue weighted by Crippen LogP contribution is -2.31. The number of hydrogen-bond donors (Lipinski definition) is 0. The van der Waals surface area contributed by atoms with Crippen LogP contribution < -0.4 is 9.64 Å². The summed E-state index contributed by atoms with van der Waals surface area (Å²) >= 11 is 0. The lowest BCUT2D eigenvalue weighted by Gasteiger charge is -2.31. The average Bonchev–Trinajstić information content (AvgIpc) is 2.67. The highest BCUT2D eigenvalue weighted by Crippen LogP contribution is 2.34. The van der Waals surface area contributed by atoms with E-state index in [0.29, 0.717) is 6.73 Å². The van der Waals surface area contributed by atoms with Gasteiger partial charge in [-0.25, -0.2) is 0 Å². The van der Waals surface area contributed by atoms with Gasteiger partial charge in [-0.3, -0.25) is 0 Å². The molecule has 2 nitrogen and oxygen atoms in total. The van der Waals surface area contributed by atoms with Gasteiger partial charge in [0.1, 0.15) is 5.75 Å². The minimum Gasteiger partial charge on any atom is -0.473 e. The third-order valence-corrected chi connectivity index (χ3v) is 4.82. The van der Waals surface area contributed by atoms with Crippen molar-refractivity contribution in [3.63, 3.8) is 0 Å². The summed E-state index contributed by atoms with van der Waals surface area (Å²) in [5.41, 5.74) is 2.47. The van der Waals surface area contributed by atoms with Crippen LogP contribution in [0.2, 0.25) is 0 Å². The molecule has 0 fully saturated rings. The molecule has 116 valence electrons. The van der Waals surface area contributed by atoms with E-state index in [4.69, 9.17) is 4.74 Å². The highest BCUT2D eigenvalue weighted by Gasteiger charge is 2.19. The minimum atomic E-state index is 0.587. The summed E-state index contributed by atoms with van der Waals surface area (Å²) in [6.07, 6.45) is 0. The summed E-state index contributed by atoms with van der Waals surface area (Å²) in [5, 5.41) is 5.07. The molecule has 0 saturated heterocycles. The molecule has 0 bridgehead atoms. The van der Waals surface area contributed by atoms with E-state index in [1.165, 1.54) is 32.8 Å². The van der Waals surface area contributed by atoms with Crippen molar-refractivity contribution >= 4 is 27.2 Å². The smallest absolute Gasteiger partial charge is 0.161 e. The summed E-state index contributed by atoms with van der Waals surface area (Å²) < 4.78 is 6.04. The molecule has 0 radical (unpaired) electrons. The summed E-state index contributed by atoms with van der Waals surface area (Å²) in [6.45, 7) is 1.46. The molecule has 0 aromatic heterocycles. The van der Waals surface area contributed by atoms with Crippen LogP contribution in [0.1, 0.15) is 5.56 Å². The number of ether oxygens (including phenoxy) is 1. The molecule has 1 aliphatic heterocycles. The highest BCUT2D eigenvalue weighted by atomic mass is 16.5. The lowest BCUT2D eigenvalue weighted by molar-refractivity contribution is 0.290. The van der Waals surface area contributed by atoms with Crippen molar-refractivity contribution in [3.8, 4) is 5.75 Å². The van der Waals surface area contributed by atoms with Crippen molar-refractivity contribution in [1.82, 2.24) is 0 Å². The molecule has 0 N–H and O–H groups in total. The Hall–Kier alpha value is -3.00. The van der Waals surface area contributed by atoms with Gasteiger partial charge in [-0.05, 0) is 39.7 Å². The molecular weight excluding hydrogens is 294 g/mol. The summed E-state index contributed by atoms with van der Waals surface area (Å²) in [4.78, 5) is 2.29. The Kier molecular flexibility index (Phi) is 2.95. The maximum absolute atomic E-state index is 6.04. The Morgan fingerprint density at radius 1 is 0.708 bits per heavy atom. The van der Waals surface area contributed by atoms with Crippen molar-refractivity contribution in [3.05, 3.63) is 84.4 Å². The predicted molar refractivity (Wildman–Crippen MR) is 99.6 cm³/mol. The average molecular weight is 311 g/mol. The summed E-state index contributed by atoms with van der Waals surface area (Å²) in [7, 11) is 0. The number of benzene rings is 4. The molecule has 0 spiro atoms. The zero-order valence-electron chi connectivity index (χ0n) is 13.3. The van der Waals surface area contributed by atoms with Gasteiger partial charge in [0.05, 0.1) is 6.54 Å². The third kappa shape index (κ3) is 2.11. The van der Waals surface area contributed by atoms with E-state index in [2.05, 4.69) is 83.8 Å². The topological polar surface area (TPSA) is 12.5 Å². The number of rotatable bonds is 1. The molecule has 0 amide bonds. The zero-order chi connectivity index (χ0) is 15.9. The van der Waals surface area contributed by atoms with E-state index in [1.807, 2.05) is 0 Å². The Bertz CT molecular complexity index is 1050. The molecule has 0 saturated carbocycles. The van der Waals surface area contributed by atoms with Crippen LogP contribution in [-0.4, -0.2) is 6.73 Å². The molecule has 4 aromatic carbocycles. The third-order valence-electron chi connectivity index (χ3n) is 4.82. The standard InChI is InChI=1S/C22H17NO/c1-2-7-18-13-19(11-9-16(18)5-1)23-14-21-20-8-4-3-6-17(20)10-12-22(21)24-15-23/h1-13H,14-15H2. The van der Waals surface area contributed by atoms with Crippen molar-refractivity contribution < 1.29 is 4.74 Å². The molecule has 0 atom stereocenters. The summed E-state index contributed by atoms with van der Waals surface area (Å²) in [6, 6.07) is 27.8.